The first-order chi connectivity index (χ1) is 9.93. The van der Waals surface area contributed by atoms with Crippen LogP contribution < -0.4 is 11.2 Å². The summed E-state index contributed by atoms with van der Waals surface area (Å²) < 4.78 is 7.93. The first-order valence-electron chi connectivity index (χ1n) is 6.05. The van der Waals surface area contributed by atoms with Gasteiger partial charge in [0.2, 0.25) is 0 Å². The molecule has 0 aliphatic heterocycles. The Labute approximate surface area is 118 Å². The van der Waals surface area contributed by atoms with E-state index < -0.39 is 23.3 Å². The first-order valence-corrected chi connectivity index (χ1v) is 6.05. The topological polar surface area (TPSA) is 112 Å². The van der Waals surface area contributed by atoms with Crippen LogP contribution in [0.1, 0.15) is 13.0 Å². The van der Waals surface area contributed by atoms with Crippen molar-refractivity contribution >= 4 is 17.1 Å². The SMILES string of the molecule is COC(=O)C(C)n1cnc2c1c(=O)n(CC#N)c(=O)n2C. The molecule has 0 amide bonds. The summed E-state index contributed by atoms with van der Waals surface area (Å²) in [4.78, 5) is 40.0. The smallest absolute Gasteiger partial charge is 0.333 e. The highest BCUT2D eigenvalue weighted by molar-refractivity contribution is 5.78. The van der Waals surface area contributed by atoms with Crippen LogP contribution in [0, 0.1) is 11.3 Å². The number of carbonyl (C=O) groups excluding carboxylic acids is 1. The molecule has 9 nitrogen and oxygen atoms in total. The summed E-state index contributed by atoms with van der Waals surface area (Å²) >= 11 is 0. The molecule has 2 aromatic rings. The Morgan fingerprint density at radius 2 is 2.19 bits per heavy atom. The maximum absolute atomic E-state index is 12.4. The minimum absolute atomic E-state index is 0.0743. The molecular formula is C12H13N5O4. The molecule has 0 bridgehead atoms. The van der Waals surface area contributed by atoms with E-state index >= 15 is 0 Å². The monoisotopic (exact) mass is 291 g/mol. The van der Waals surface area contributed by atoms with Gasteiger partial charge in [0.25, 0.3) is 5.56 Å². The van der Waals surface area contributed by atoms with Gasteiger partial charge in [-0.3, -0.25) is 9.36 Å². The lowest BCUT2D eigenvalue weighted by Crippen LogP contribution is -2.39. The van der Waals surface area contributed by atoms with Crippen molar-refractivity contribution < 1.29 is 9.53 Å². The molecular weight excluding hydrogens is 278 g/mol. The van der Waals surface area contributed by atoms with Crippen molar-refractivity contribution in [1.82, 2.24) is 18.7 Å². The second-order valence-corrected chi connectivity index (χ2v) is 4.41. The van der Waals surface area contributed by atoms with Crippen LogP contribution in [0.2, 0.25) is 0 Å². The van der Waals surface area contributed by atoms with Gasteiger partial charge in [0.15, 0.2) is 11.2 Å². The predicted octanol–water partition coefficient (Wildman–Crippen LogP) is -0.846. The average molecular weight is 291 g/mol. The first kappa shape index (κ1) is 14.5. The van der Waals surface area contributed by atoms with Crippen molar-refractivity contribution in [3.05, 3.63) is 27.2 Å². The fourth-order valence-corrected chi connectivity index (χ4v) is 2.08. The third kappa shape index (κ3) is 2.10. The average Bonchev–Trinajstić information content (AvgIpc) is 2.92. The number of nitrogens with zero attached hydrogens (tertiary/aromatic N) is 5. The van der Waals surface area contributed by atoms with E-state index in [4.69, 9.17) is 5.26 Å². The van der Waals surface area contributed by atoms with Crippen molar-refractivity contribution in [1.29, 1.82) is 5.26 Å². The summed E-state index contributed by atoms with van der Waals surface area (Å²) in [5.41, 5.74) is -1.08. The van der Waals surface area contributed by atoms with E-state index in [2.05, 4.69) is 9.72 Å². The summed E-state index contributed by atoms with van der Waals surface area (Å²) in [7, 11) is 2.68. The van der Waals surface area contributed by atoms with Gasteiger partial charge in [0, 0.05) is 7.05 Å². The minimum atomic E-state index is -0.777. The van der Waals surface area contributed by atoms with Gasteiger partial charge in [-0.05, 0) is 6.92 Å². The molecule has 0 aliphatic rings. The molecule has 2 rings (SSSR count). The van der Waals surface area contributed by atoms with Gasteiger partial charge in [-0.2, -0.15) is 5.26 Å². The van der Waals surface area contributed by atoms with Gasteiger partial charge >= 0.3 is 11.7 Å². The lowest BCUT2D eigenvalue weighted by atomic mass is 10.3. The Morgan fingerprint density at radius 1 is 1.52 bits per heavy atom. The highest BCUT2D eigenvalue weighted by Crippen LogP contribution is 2.14. The van der Waals surface area contributed by atoms with E-state index in [0.717, 1.165) is 9.13 Å². The summed E-state index contributed by atoms with van der Waals surface area (Å²) in [5, 5.41) is 8.73. The van der Waals surface area contributed by atoms with E-state index in [1.54, 1.807) is 13.0 Å². The molecule has 0 aliphatic carbocycles. The number of methoxy groups -OCH3 is 1. The van der Waals surface area contributed by atoms with Crippen LogP contribution in [-0.2, 0) is 23.1 Å². The fraction of sp³-hybridized carbons (Fsp3) is 0.417. The third-order valence-electron chi connectivity index (χ3n) is 3.25. The van der Waals surface area contributed by atoms with E-state index in [9.17, 15) is 14.4 Å². The van der Waals surface area contributed by atoms with Crippen LogP contribution in [0.5, 0.6) is 0 Å². The number of aryl methyl sites for hydroxylation is 1. The van der Waals surface area contributed by atoms with Crippen LogP contribution in [0.15, 0.2) is 15.9 Å². The number of esters is 1. The van der Waals surface area contributed by atoms with E-state index in [0.29, 0.717) is 0 Å². The lowest BCUT2D eigenvalue weighted by Gasteiger charge is -2.12. The molecule has 110 valence electrons. The molecule has 21 heavy (non-hydrogen) atoms. The summed E-state index contributed by atoms with van der Waals surface area (Å²) in [6, 6.07) is 0.984. The normalized spacial score (nSPS) is 12.1. The van der Waals surface area contributed by atoms with E-state index in [1.165, 1.54) is 25.1 Å². The standard InChI is InChI=1S/C12H13N5O4/c1-7(11(19)21-3)17-6-14-9-8(17)10(18)16(5-4-13)12(20)15(9)2/h6-7H,5H2,1-3H3. The molecule has 1 unspecified atom stereocenters. The molecule has 2 aromatic heterocycles. The van der Waals surface area contributed by atoms with Crippen LogP contribution in [0.3, 0.4) is 0 Å². The highest BCUT2D eigenvalue weighted by Gasteiger charge is 2.22. The minimum Gasteiger partial charge on any atom is -0.467 e. The number of fused-ring (bicyclic) bond motifs is 1. The number of aromatic nitrogens is 4. The van der Waals surface area contributed by atoms with E-state index in [1.807, 2.05) is 0 Å². The van der Waals surface area contributed by atoms with Crippen LogP contribution >= 0.6 is 0 Å². The zero-order valence-electron chi connectivity index (χ0n) is 11.7. The van der Waals surface area contributed by atoms with Crippen molar-refractivity contribution in [2.45, 2.75) is 19.5 Å². The third-order valence-corrected chi connectivity index (χ3v) is 3.25. The number of nitriles is 1. The van der Waals surface area contributed by atoms with Gasteiger partial charge in [-0.25, -0.2) is 19.1 Å². The molecule has 0 radical (unpaired) electrons. The van der Waals surface area contributed by atoms with Crippen LogP contribution in [0.4, 0.5) is 0 Å². The number of rotatable bonds is 3. The van der Waals surface area contributed by atoms with E-state index in [-0.39, 0.29) is 17.7 Å². The zero-order valence-corrected chi connectivity index (χ0v) is 11.7. The highest BCUT2D eigenvalue weighted by atomic mass is 16.5. The largest absolute Gasteiger partial charge is 0.467 e. The van der Waals surface area contributed by atoms with Crippen molar-refractivity contribution in [3.63, 3.8) is 0 Å². The van der Waals surface area contributed by atoms with Crippen LogP contribution in [-0.4, -0.2) is 31.8 Å². The van der Waals surface area contributed by atoms with Crippen molar-refractivity contribution in [2.75, 3.05) is 7.11 Å². The van der Waals surface area contributed by atoms with Crippen LogP contribution in [0.25, 0.3) is 11.2 Å². The van der Waals surface area contributed by atoms with Gasteiger partial charge in [0.1, 0.15) is 12.6 Å². The molecule has 0 saturated heterocycles. The second kappa shape index (κ2) is 5.24. The number of hydrogen-bond donors (Lipinski definition) is 0. The van der Waals surface area contributed by atoms with Gasteiger partial charge in [-0.15, -0.1) is 0 Å². The Hall–Kier alpha value is -2.89. The Balaban J connectivity index is 2.85. The van der Waals surface area contributed by atoms with Crippen molar-refractivity contribution in [2.24, 2.45) is 7.05 Å². The van der Waals surface area contributed by atoms with Gasteiger partial charge in [0.05, 0.1) is 19.5 Å². The Morgan fingerprint density at radius 3 is 2.76 bits per heavy atom. The predicted molar refractivity (Wildman–Crippen MR) is 71.6 cm³/mol. The van der Waals surface area contributed by atoms with Crippen molar-refractivity contribution in [3.8, 4) is 6.07 Å². The Kier molecular flexibility index (Phi) is 3.62. The number of imidazole rings is 1. The number of hydrogen-bond acceptors (Lipinski definition) is 6. The Bertz CT molecular complexity index is 867. The molecule has 0 fully saturated rings. The molecule has 2 heterocycles. The fourth-order valence-electron chi connectivity index (χ4n) is 2.08. The summed E-state index contributed by atoms with van der Waals surface area (Å²) in [6.07, 6.45) is 1.30. The molecule has 0 N–H and O–H groups in total. The maximum Gasteiger partial charge on any atom is 0.333 e. The molecule has 0 aromatic carbocycles. The molecule has 0 spiro atoms. The zero-order chi connectivity index (χ0) is 15.7. The molecule has 1 atom stereocenters. The summed E-state index contributed by atoms with van der Waals surface area (Å²) in [5.74, 6) is -0.547. The van der Waals surface area contributed by atoms with Gasteiger partial charge in [-0.1, -0.05) is 0 Å². The maximum atomic E-state index is 12.4. The number of ether oxygens (including phenoxy) is 1. The molecule has 9 heteroatoms. The van der Waals surface area contributed by atoms with Gasteiger partial charge < -0.3 is 9.30 Å². The molecule has 0 saturated carbocycles. The lowest BCUT2D eigenvalue weighted by molar-refractivity contribution is -0.143. The summed E-state index contributed by atoms with van der Waals surface area (Å²) in [6.45, 7) is 1.17. The quantitative estimate of drug-likeness (QED) is 0.681. The number of carbonyl (C=O) groups is 1. The second-order valence-electron chi connectivity index (χ2n) is 4.41.